The molecule has 1 aromatic heterocycles. The van der Waals surface area contributed by atoms with Crippen molar-refractivity contribution in [2.45, 2.75) is 32.0 Å². The highest BCUT2D eigenvalue weighted by Gasteiger charge is 2.32. The molecule has 3 nitrogen and oxygen atoms in total. The van der Waals surface area contributed by atoms with Gasteiger partial charge in [0.2, 0.25) is 5.91 Å². The van der Waals surface area contributed by atoms with Gasteiger partial charge in [0.05, 0.1) is 6.54 Å². The van der Waals surface area contributed by atoms with Crippen LogP contribution in [0.15, 0.2) is 85.1 Å². The van der Waals surface area contributed by atoms with E-state index in [9.17, 15) is 4.79 Å². The number of carbonyl (C=O) groups is 1. The summed E-state index contributed by atoms with van der Waals surface area (Å²) >= 11 is 0. The summed E-state index contributed by atoms with van der Waals surface area (Å²) in [6, 6.07) is 25.0. The molecule has 1 amide bonds. The Balaban J connectivity index is 1.47. The normalized spacial score (nSPS) is 13.8. The van der Waals surface area contributed by atoms with E-state index in [1.165, 1.54) is 11.3 Å². The van der Waals surface area contributed by atoms with Crippen molar-refractivity contribution < 1.29 is 4.79 Å². The minimum Gasteiger partial charge on any atom is -0.345 e. The second kappa shape index (κ2) is 8.09. The SMILES string of the molecule is O=C(/C=C/c1ccccc1)N(Cc1cccn1Cc1ccccc1)C1CC1. The van der Waals surface area contributed by atoms with Crippen molar-refractivity contribution in [3.63, 3.8) is 0 Å². The lowest BCUT2D eigenvalue weighted by Crippen LogP contribution is -2.32. The van der Waals surface area contributed by atoms with Gasteiger partial charge in [0, 0.05) is 30.6 Å². The van der Waals surface area contributed by atoms with Gasteiger partial charge in [0.15, 0.2) is 0 Å². The molecular weight excluding hydrogens is 332 g/mol. The molecule has 0 bridgehead atoms. The molecule has 0 unspecified atom stereocenters. The zero-order valence-corrected chi connectivity index (χ0v) is 15.4. The number of carbonyl (C=O) groups excluding carboxylic acids is 1. The summed E-state index contributed by atoms with van der Waals surface area (Å²) in [5.41, 5.74) is 3.49. The van der Waals surface area contributed by atoms with Crippen molar-refractivity contribution >= 4 is 12.0 Å². The second-order valence-corrected chi connectivity index (χ2v) is 7.05. The first kappa shape index (κ1) is 17.3. The highest BCUT2D eigenvalue weighted by atomic mass is 16.2. The molecule has 0 atom stereocenters. The van der Waals surface area contributed by atoms with Gasteiger partial charge in [-0.2, -0.15) is 0 Å². The van der Waals surface area contributed by atoms with Crippen LogP contribution >= 0.6 is 0 Å². The summed E-state index contributed by atoms with van der Waals surface area (Å²) in [6.07, 6.45) is 7.91. The van der Waals surface area contributed by atoms with E-state index in [0.29, 0.717) is 12.6 Å². The van der Waals surface area contributed by atoms with Crippen LogP contribution in [0.4, 0.5) is 0 Å². The molecule has 3 heteroatoms. The third-order valence-electron chi connectivity index (χ3n) is 4.94. The maximum atomic E-state index is 12.8. The van der Waals surface area contributed by atoms with Crippen LogP contribution in [0.5, 0.6) is 0 Å². The molecule has 1 saturated carbocycles. The molecule has 3 aromatic rings. The Hall–Kier alpha value is -3.07. The first-order chi connectivity index (χ1) is 13.3. The standard InChI is InChI=1S/C24H24N2O/c27-24(16-13-20-8-3-1-4-9-20)26(22-14-15-22)19-23-12-7-17-25(23)18-21-10-5-2-6-11-21/h1-13,16-17,22H,14-15,18-19H2/b16-13+. The third-order valence-corrected chi connectivity index (χ3v) is 4.94. The quantitative estimate of drug-likeness (QED) is 0.561. The number of benzene rings is 2. The van der Waals surface area contributed by atoms with Crippen molar-refractivity contribution in [2.24, 2.45) is 0 Å². The minimum atomic E-state index is 0.0915. The van der Waals surface area contributed by atoms with Gasteiger partial charge >= 0.3 is 0 Å². The smallest absolute Gasteiger partial charge is 0.247 e. The highest BCUT2D eigenvalue weighted by Crippen LogP contribution is 2.29. The monoisotopic (exact) mass is 356 g/mol. The summed E-state index contributed by atoms with van der Waals surface area (Å²) in [4.78, 5) is 14.8. The summed E-state index contributed by atoms with van der Waals surface area (Å²) in [7, 11) is 0. The van der Waals surface area contributed by atoms with Crippen LogP contribution < -0.4 is 0 Å². The third kappa shape index (κ3) is 4.56. The fraction of sp³-hybridized carbons (Fsp3) is 0.208. The molecule has 1 fully saturated rings. The number of hydrogen-bond acceptors (Lipinski definition) is 1. The predicted octanol–water partition coefficient (Wildman–Crippen LogP) is 4.74. The van der Waals surface area contributed by atoms with E-state index in [1.807, 2.05) is 47.4 Å². The average molecular weight is 356 g/mol. The van der Waals surface area contributed by atoms with Gasteiger partial charge in [-0.1, -0.05) is 60.7 Å². The fourth-order valence-electron chi connectivity index (χ4n) is 3.30. The predicted molar refractivity (Wildman–Crippen MR) is 109 cm³/mol. The van der Waals surface area contributed by atoms with Gasteiger partial charge in [-0.25, -0.2) is 0 Å². The second-order valence-electron chi connectivity index (χ2n) is 7.05. The molecule has 0 saturated heterocycles. The average Bonchev–Trinajstić information content (AvgIpc) is 3.46. The topological polar surface area (TPSA) is 25.2 Å². The van der Waals surface area contributed by atoms with Crippen LogP contribution in [0.3, 0.4) is 0 Å². The first-order valence-electron chi connectivity index (χ1n) is 9.51. The van der Waals surface area contributed by atoms with E-state index in [1.54, 1.807) is 6.08 Å². The van der Waals surface area contributed by atoms with Crippen LogP contribution in [-0.4, -0.2) is 21.4 Å². The highest BCUT2D eigenvalue weighted by molar-refractivity contribution is 5.92. The van der Waals surface area contributed by atoms with E-state index in [-0.39, 0.29) is 5.91 Å². The van der Waals surface area contributed by atoms with Crippen LogP contribution in [0, 0.1) is 0 Å². The number of rotatable bonds is 7. The van der Waals surface area contributed by atoms with Gasteiger partial charge in [-0.15, -0.1) is 0 Å². The molecule has 2 aromatic carbocycles. The summed E-state index contributed by atoms with van der Waals surface area (Å²) < 4.78 is 2.24. The first-order valence-corrected chi connectivity index (χ1v) is 9.51. The zero-order valence-electron chi connectivity index (χ0n) is 15.4. The largest absolute Gasteiger partial charge is 0.345 e. The summed E-state index contributed by atoms with van der Waals surface area (Å²) in [5, 5.41) is 0. The van der Waals surface area contributed by atoms with E-state index in [4.69, 9.17) is 0 Å². The number of aromatic nitrogens is 1. The molecule has 0 spiro atoms. The molecule has 27 heavy (non-hydrogen) atoms. The van der Waals surface area contributed by atoms with Gasteiger partial charge in [-0.3, -0.25) is 4.79 Å². The number of hydrogen-bond donors (Lipinski definition) is 0. The van der Waals surface area contributed by atoms with Gasteiger partial charge in [-0.05, 0) is 42.2 Å². The molecule has 0 radical (unpaired) electrons. The molecule has 0 aliphatic heterocycles. The molecule has 1 aliphatic carbocycles. The van der Waals surface area contributed by atoms with Gasteiger partial charge in [0.1, 0.15) is 0 Å². The molecule has 136 valence electrons. The van der Waals surface area contributed by atoms with Crippen molar-refractivity contribution in [2.75, 3.05) is 0 Å². The van der Waals surface area contributed by atoms with E-state index in [0.717, 1.165) is 24.9 Å². The lowest BCUT2D eigenvalue weighted by atomic mass is 10.2. The van der Waals surface area contributed by atoms with Crippen LogP contribution in [0.25, 0.3) is 6.08 Å². The molecule has 1 heterocycles. The summed E-state index contributed by atoms with van der Waals surface area (Å²) in [6.45, 7) is 1.48. The molecular formula is C24H24N2O. The van der Waals surface area contributed by atoms with Crippen molar-refractivity contribution in [1.29, 1.82) is 0 Å². The maximum absolute atomic E-state index is 12.8. The lowest BCUT2D eigenvalue weighted by molar-refractivity contribution is -0.127. The summed E-state index contributed by atoms with van der Waals surface area (Å²) in [5.74, 6) is 0.0915. The van der Waals surface area contributed by atoms with Crippen molar-refractivity contribution in [1.82, 2.24) is 9.47 Å². The van der Waals surface area contributed by atoms with Gasteiger partial charge < -0.3 is 9.47 Å². The molecule has 1 aliphatic rings. The Morgan fingerprint density at radius 3 is 2.37 bits per heavy atom. The Morgan fingerprint density at radius 2 is 1.67 bits per heavy atom. The Labute approximate surface area is 160 Å². The van der Waals surface area contributed by atoms with E-state index >= 15 is 0 Å². The Bertz CT molecular complexity index is 908. The van der Waals surface area contributed by atoms with Gasteiger partial charge in [0.25, 0.3) is 0 Å². The van der Waals surface area contributed by atoms with Crippen molar-refractivity contribution in [3.8, 4) is 0 Å². The Morgan fingerprint density at radius 1 is 0.963 bits per heavy atom. The molecule has 0 N–H and O–H groups in total. The number of nitrogens with zero attached hydrogens (tertiary/aromatic N) is 2. The zero-order chi connectivity index (χ0) is 18.5. The maximum Gasteiger partial charge on any atom is 0.247 e. The van der Waals surface area contributed by atoms with Crippen LogP contribution in [-0.2, 0) is 17.9 Å². The molecule has 4 rings (SSSR count). The fourth-order valence-corrected chi connectivity index (χ4v) is 3.30. The lowest BCUT2D eigenvalue weighted by Gasteiger charge is -2.22. The Kier molecular flexibility index (Phi) is 5.20. The minimum absolute atomic E-state index is 0.0915. The van der Waals surface area contributed by atoms with Crippen LogP contribution in [0.1, 0.15) is 29.7 Å². The van der Waals surface area contributed by atoms with Crippen molar-refractivity contribution in [3.05, 3.63) is 102 Å². The van der Waals surface area contributed by atoms with Crippen LogP contribution in [0.2, 0.25) is 0 Å². The van der Waals surface area contributed by atoms with E-state index in [2.05, 4.69) is 47.2 Å². The van der Waals surface area contributed by atoms with E-state index < -0.39 is 0 Å². The number of amides is 1.